The van der Waals surface area contributed by atoms with Crippen LogP contribution < -0.4 is 0 Å². The highest BCUT2D eigenvalue weighted by Gasteiger charge is 2.37. The molecule has 3 fully saturated rings. The fourth-order valence-electron chi connectivity index (χ4n) is 2.44. The van der Waals surface area contributed by atoms with Gasteiger partial charge >= 0.3 is 0 Å². The van der Waals surface area contributed by atoms with Crippen LogP contribution in [-0.2, 0) is 0 Å². The summed E-state index contributed by atoms with van der Waals surface area (Å²) in [4.78, 5) is 2.31. The second kappa shape index (κ2) is 2.21. The molecule has 3 atom stereocenters. The minimum absolute atomic E-state index is 0.0301. The maximum absolute atomic E-state index is 9.53. The summed E-state index contributed by atoms with van der Waals surface area (Å²) in [6, 6.07) is 0.477. The van der Waals surface area contributed by atoms with E-state index in [1.54, 1.807) is 0 Å². The van der Waals surface area contributed by atoms with Crippen LogP contribution in [0.1, 0.15) is 19.3 Å². The molecular formula is C8H15NO. The number of aliphatic hydroxyl groups excluding tert-OH is 1. The van der Waals surface area contributed by atoms with E-state index in [0.29, 0.717) is 6.04 Å². The summed E-state index contributed by atoms with van der Waals surface area (Å²) in [7, 11) is 2.12. The van der Waals surface area contributed by atoms with Crippen LogP contribution in [0.25, 0.3) is 0 Å². The van der Waals surface area contributed by atoms with Crippen LogP contribution in [0.3, 0.4) is 0 Å². The first kappa shape index (κ1) is 6.62. The van der Waals surface area contributed by atoms with Gasteiger partial charge in [0.2, 0.25) is 0 Å². The van der Waals surface area contributed by atoms with Crippen molar-refractivity contribution >= 4 is 0 Å². The molecular weight excluding hydrogens is 126 g/mol. The Morgan fingerprint density at radius 1 is 1.40 bits per heavy atom. The quantitative estimate of drug-likeness (QED) is 0.530. The topological polar surface area (TPSA) is 23.5 Å². The lowest BCUT2D eigenvalue weighted by molar-refractivity contribution is -0.0417. The van der Waals surface area contributed by atoms with E-state index >= 15 is 0 Å². The lowest BCUT2D eigenvalue weighted by atomic mass is 9.78. The van der Waals surface area contributed by atoms with Gasteiger partial charge < -0.3 is 10.0 Å². The molecule has 2 saturated heterocycles. The van der Waals surface area contributed by atoms with Crippen LogP contribution in [-0.4, -0.2) is 35.7 Å². The van der Waals surface area contributed by atoms with E-state index in [0.717, 1.165) is 12.3 Å². The summed E-state index contributed by atoms with van der Waals surface area (Å²) in [5.41, 5.74) is 0. The molecule has 0 aromatic heterocycles. The van der Waals surface area contributed by atoms with Gasteiger partial charge in [-0.05, 0) is 32.2 Å². The van der Waals surface area contributed by atoms with Gasteiger partial charge in [-0.15, -0.1) is 0 Å². The van der Waals surface area contributed by atoms with Crippen LogP contribution in [0.5, 0.6) is 0 Å². The van der Waals surface area contributed by atoms with E-state index in [1.165, 1.54) is 19.4 Å². The maximum Gasteiger partial charge on any atom is 0.0698 e. The van der Waals surface area contributed by atoms with Crippen molar-refractivity contribution in [3.05, 3.63) is 0 Å². The number of nitrogens with zero attached hydrogens (tertiary/aromatic N) is 1. The van der Waals surface area contributed by atoms with E-state index < -0.39 is 0 Å². The van der Waals surface area contributed by atoms with Gasteiger partial charge in [-0.3, -0.25) is 0 Å². The molecule has 3 rings (SSSR count). The van der Waals surface area contributed by atoms with E-state index in [4.69, 9.17) is 0 Å². The van der Waals surface area contributed by atoms with Crippen molar-refractivity contribution in [1.82, 2.24) is 4.90 Å². The fourth-order valence-corrected chi connectivity index (χ4v) is 2.44. The molecule has 0 amide bonds. The largest absolute Gasteiger partial charge is 0.391 e. The summed E-state index contributed by atoms with van der Waals surface area (Å²) in [5, 5.41) is 9.53. The molecule has 1 saturated carbocycles. The van der Waals surface area contributed by atoms with Crippen molar-refractivity contribution in [2.45, 2.75) is 31.4 Å². The Balaban J connectivity index is 2.11. The molecule has 0 aromatic carbocycles. The highest BCUT2D eigenvalue weighted by Crippen LogP contribution is 2.33. The SMILES string of the molecule is CN1CC2CCC1C(O)C2. The molecule has 1 aliphatic carbocycles. The van der Waals surface area contributed by atoms with Crippen molar-refractivity contribution in [1.29, 1.82) is 0 Å². The van der Waals surface area contributed by atoms with Crippen molar-refractivity contribution in [3.63, 3.8) is 0 Å². The third-order valence-corrected chi connectivity index (χ3v) is 3.00. The molecule has 2 heteroatoms. The lowest BCUT2D eigenvalue weighted by Crippen LogP contribution is -2.53. The lowest BCUT2D eigenvalue weighted by Gasteiger charge is -2.46. The van der Waals surface area contributed by atoms with Gasteiger partial charge in [-0.25, -0.2) is 0 Å². The molecule has 2 bridgehead atoms. The van der Waals surface area contributed by atoms with Crippen LogP contribution in [0.2, 0.25) is 0 Å². The predicted octanol–water partition coefficient (Wildman–Crippen LogP) is 0.461. The Morgan fingerprint density at radius 3 is 2.60 bits per heavy atom. The Morgan fingerprint density at radius 2 is 2.20 bits per heavy atom. The zero-order valence-corrected chi connectivity index (χ0v) is 6.45. The highest BCUT2D eigenvalue weighted by atomic mass is 16.3. The van der Waals surface area contributed by atoms with Crippen LogP contribution >= 0.6 is 0 Å². The minimum atomic E-state index is -0.0301. The average molecular weight is 141 g/mol. The van der Waals surface area contributed by atoms with Gasteiger partial charge in [-0.2, -0.15) is 0 Å². The number of hydrogen-bond acceptors (Lipinski definition) is 2. The van der Waals surface area contributed by atoms with Gasteiger partial charge in [0.1, 0.15) is 0 Å². The van der Waals surface area contributed by atoms with Gasteiger partial charge in [0.15, 0.2) is 0 Å². The number of likely N-dealkylation sites (N-methyl/N-ethyl adjacent to an activating group) is 1. The smallest absolute Gasteiger partial charge is 0.0698 e. The summed E-state index contributed by atoms with van der Waals surface area (Å²) in [5.74, 6) is 0.782. The van der Waals surface area contributed by atoms with Crippen molar-refractivity contribution < 1.29 is 5.11 Å². The molecule has 2 nitrogen and oxygen atoms in total. The molecule has 58 valence electrons. The molecule has 10 heavy (non-hydrogen) atoms. The zero-order chi connectivity index (χ0) is 7.14. The average Bonchev–Trinajstić information content (AvgIpc) is 1.86. The van der Waals surface area contributed by atoms with Gasteiger partial charge in [0.25, 0.3) is 0 Å². The Kier molecular flexibility index (Phi) is 1.46. The Labute approximate surface area is 61.8 Å². The fraction of sp³-hybridized carbons (Fsp3) is 1.00. The number of hydrogen-bond donors (Lipinski definition) is 1. The van der Waals surface area contributed by atoms with Crippen molar-refractivity contribution in [2.75, 3.05) is 13.6 Å². The second-order valence-electron chi connectivity index (χ2n) is 3.75. The van der Waals surface area contributed by atoms with E-state index in [9.17, 15) is 5.11 Å². The number of fused-ring (bicyclic) bond motifs is 3. The van der Waals surface area contributed by atoms with Crippen molar-refractivity contribution in [3.8, 4) is 0 Å². The zero-order valence-electron chi connectivity index (χ0n) is 6.45. The standard InChI is InChI=1S/C8H15NO/c1-9-5-6-2-3-7(9)8(10)4-6/h6-8,10H,2-5H2,1H3. The maximum atomic E-state index is 9.53. The second-order valence-corrected chi connectivity index (χ2v) is 3.75. The van der Waals surface area contributed by atoms with Crippen LogP contribution in [0, 0.1) is 5.92 Å². The first-order valence-corrected chi connectivity index (χ1v) is 4.15. The normalized spacial score (nSPS) is 48.0. The van der Waals surface area contributed by atoms with Gasteiger partial charge in [0, 0.05) is 12.6 Å². The number of piperidine rings is 2. The molecule has 0 aromatic rings. The first-order chi connectivity index (χ1) is 4.77. The first-order valence-electron chi connectivity index (χ1n) is 4.15. The molecule has 2 heterocycles. The molecule has 1 N–H and O–H groups in total. The third-order valence-electron chi connectivity index (χ3n) is 3.00. The van der Waals surface area contributed by atoms with Crippen LogP contribution in [0.4, 0.5) is 0 Å². The molecule has 0 spiro atoms. The summed E-state index contributed by atoms with van der Waals surface area (Å²) in [6.07, 6.45) is 3.57. The third kappa shape index (κ3) is 0.867. The van der Waals surface area contributed by atoms with E-state index in [2.05, 4.69) is 11.9 Å². The summed E-state index contributed by atoms with van der Waals surface area (Å²) < 4.78 is 0. The minimum Gasteiger partial charge on any atom is -0.391 e. The number of aliphatic hydroxyl groups is 1. The monoisotopic (exact) mass is 141 g/mol. The Bertz CT molecular complexity index is 125. The molecule has 0 radical (unpaired) electrons. The number of rotatable bonds is 0. The molecule has 2 aliphatic heterocycles. The van der Waals surface area contributed by atoms with Gasteiger partial charge in [0.05, 0.1) is 6.10 Å². The van der Waals surface area contributed by atoms with Crippen LogP contribution in [0.15, 0.2) is 0 Å². The summed E-state index contributed by atoms with van der Waals surface area (Å²) in [6.45, 7) is 1.21. The van der Waals surface area contributed by atoms with Crippen molar-refractivity contribution in [2.24, 2.45) is 5.92 Å². The molecule has 3 aliphatic rings. The van der Waals surface area contributed by atoms with Gasteiger partial charge in [-0.1, -0.05) is 0 Å². The molecule has 3 unspecified atom stereocenters. The highest BCUT2D eigenvalue weighted by molar-refractivity contribution is 4.92. The van der Waals surface area contributed by atoms with E-state index in [1.807, 2.05) is 0 Å². The Hall–Kier alpha value is -0.0800. The summed E-state index contributed by atoms with van der Waals surface area (Å²) >= 11 is 0. The van der Waals surface area contributed by atoms with E-state index in [-0.39, 0.29) is 6.10 Å². The predicted molar refractivity (Wildman–Crippen MR) is 39.8 cm³/mol.